The summed E-state index contributed by atoms with van der Waals surface area (Å²) in [4.78, 5) is 27.7. The molecule has 0 aliphatic carbocycles. The van der Waals surface area contributed by atoms with Gasteiger partial charge in [-0.25, -0.2) is 9.37 Å². The van der Waals surface area contributed by atoms with Crippen molar-refractivity contribution in [3.05, 3.63) is 58.6 Å². The van der Waals surface area contributed by atoms with Crippen LogP contribution in [-0.4, -0.2) is 53.1 Å². The molecule has 0 bridgehead atoms. The van der Waals surface area contributed by atoms with E-state index in [9.17, 15) is 9.18 Å². The summed E-state index contributed by atoms with van der Waals surface area (Å²) in [5.41, 5.74) is 3.28. The van der Waals surface area contributed by atoms with E-state index in [-0.39, 0.29) is 11.4 Å². The molecule has 0 saturated carbocycles. The average Bonchev–Trinajstić information content (AvgIpc) is 3.11. The fourth-order valence-electron chi connectivity index (χ4n) is 3.75. The van der Waals surface area contributed by atoms with Gasteiger partial charge in [-0.2, -0.15) is 0 Å². The average molecular weight is 377 g/mol. The summed E-state index contributed by atoms with van der Waals surface area (Å²) in [7, 11) is 2.13. The first-order valence-electron chi connectivity index (χ1n) is 9.34. The van der Waals surface area contributed by atoms with Gasteiger partial charge in [-0.15, -0.1) is 0 Å². The van der Waals surface area contributed by atoms with Crippen molar-refractivity contribution in [3.63, 3.8) is 0 Å². The highest BCUT2D eigenvalue weighted by Gasteiger charge is 2.16. The predicted molar refractivity (Wildman–Crippen MR) is 109 cm³/mol. The van der Waals surface area contributed by atoms with Crippen LogP contribution in [0.15, 0.2) is 47.3 Å². The van der Waals surface area contributed by atoms with Crippen LogP contribution in [0.3, 0.4) is 0 Å². The Balaban J connectivity index is 1.57. The number of rotatable bonds is 2. The number of halogens is 1. The van der Waals surface area contributed by atoms with E-state index in [2.05, 4.69) is 43.9 Å². The van der Waals surface area contributed by atoms with E-state index in [1.165, 1.54) is 6.07 Å². The molecular formula is C21H20FN5O. The Kier molecular flexibility index (Phi) is 3.91. The van der Waals surface area contributed by atoms with E-state index in [4.69, 9.17) is 0 Å². The van der Waals surface area contributed by atoms with Crippen LogP contribution < -0.4 is 10.5 Å². The molecule has 142 valence electrons. The molecule has 2 N–H and O–H groups in total. The molecule has 6 nitrogen and oxygen atoms in total. The third-order valence-corrected chi connectivity index (χ3v) is 5.42. The standard InChI is InChI=1S/C21H20FN5O/c1-26-7-9-27(10-8-26)13-5-6-18-19(11-13)24-20(23-18)15-12-14-16(22)3-2-4-17(14)25-21(15)28/h2-6,11-12H,7-10H2,1H3,(H,23,24)(H,25,28). The lowest BCUT2D eigenvalue weighted by Crippen LogP contribution is -2.44. The first-order valence-corrected chi connectivity index (χ1v) is 9.34. The molecule has 1 saturated heterocycles. The van der Waals surface area contributed by atoms with Gasteiger partial charge in [0.05, 0.1) is 22.1 Å². The molecule has 28 heavy (non-hydrogen) atoms. The van der Waals surface area contributed by atoms with Crippen LogP contribution in [-0.2, 0) is 0 Å². The Labute approximate surface area is 160 Å². The number of H-pyrrole nitrogens is 2. The van der Waals surface area contributed by atoms with Gasteiger partial charge in [0.2, 0.25) is 0 Å². The molecule has 5 rings (SSSR count). The van der Waals surface area contributed by atoms with Crippen LogP contribution in [0.25, 0.3) is 33.3 Å². The van der Waals surface area contributed by atoms with Crippen LogP contribution in [0.2, 0.25) is 0 Å². The Morgan fingerprint density at radius 1 is 1.00 bits per heavy atom. The topological polar surface area (TPSA) is 68.0 Å². The van der Waals surface area contributed by atoms with Crippen molar-refractivity contribution < 1.29 is 4.39 Å². The Hall–Kier alpha value is -3.19. The lowest BCUT2D eigenvalue weighted by atomic mass is 10.1. The summed E-state index contributed by atoms with van der Waals surface area (Å²) in [6, 6.07) is 12.3. The van der Waals surface area contributed by atoms with Gasteiger partial charge in [-0.1, -0.05) is 6.07 Å². The smallest absolute Gasteiger partial charge is 0.259 e. The molecule has 1 aliphatic heterocycles. The second-order valence-corrected chi connectivity index (χ2v) is 7.29. The number of benzene rings is 2. The summed E-state index contributed by atoms with van der Waals surface area (Å²) in [6.07, 6.45) is 0. The summed E-state index contributed by atoms with van der Waals surface area (Å²) >= 11 is 0. The molecule has 0 radical (unpaired) electrons. The lowest BCUT2D eigenvalue weighted by molar-refractivity contribution is 0.313. The van der Waals surface area contributed by atoms with Gasteiger partial charge in [0.25, 0.3) is 5.56 Å². The van der Waals surface area contributed by atoms with E-state index in [0.29, 0.717) is 22.3 Å². The third-order valence-electron chi connectivity index (χ3n) is 5.42. The fraction of sp³-hybridized carbons (Fsp3) is 0.238. The molecule has 7 heteroatoms. The van der Waals surface area contributed by atoms with Crippen LogP contribution in [0.1, 0.15) is 0 Å². The van der Waals surface area contributed by atoms with Gasteiger partial charge >= 0.3 is 0 Å². The van der Waals surface area contributed by atoms with Gasteiger partial charge in [0, 0.05) is 37.3 Å². The van der Waals surface area contributed by atoms with Crippen molar-refractivity contribution >= 4 is 27.6 Å². The van der Waals surface area contributed by atoms with Crippen molar-refractivity contribution in [1.29, 1.82) is 0 Å². The van der Waals surface area contributed by atoms with Crippen LogP contribution in [0, 0.1) is 5.82 Å². The third kappa shape index (κ3) is 2.84. The number of imidazole rings is 1. The maximum atomic E-state index is 14.1. The minimum absolute atomic E-state index is 0.295. The van der Waals surface area contributed by atoms with Crippen LogP contribution in [0.4, 0.5) is 10.1 Å². The molecule has 1 fully saturated rings. The van der Waals surface area contributed by atoms with E-state index in [1.54, 1.807) is 18.2 Å². The Bertz CT molecular complexity index is 1240. The van der Waals surface area contributed by atoms with Crippen molar-refractivity contribution in [2.75, 3.05) is 38.1 Å². The predicted octanol–water partition coefficient (Wildman–Crippen LogP) is 2.96. The Morgan fingerprint density at radius 3 is 2.64 bits per heavy atom. The van der Waals surface area contributed by atoms with Crippen molar-refractivity contribution in [3.8, 4) is 11.4 Å². The van der Waals surface area contributed by atoms with Gasteiger partial charge < -0.3 is 19.8 Å². The molecular weight excluding hydrogens is 357 g/mol. The molecule has 4 aromatic rings. The summed E-state index contributed by atoms with van der Waals surface area (Å²) in [6.45, 7) is 4.02. The largest absolute Gasteiger partial charge is 0.369 e. The number of piperazine rings is 1. The molecule has 2 aromatic carbocycles. The van der Waals surface area contributed by atoms with Crippen molar-refractivity contribution in [2.45, 2.75) is 0 Å². The zero-order chi connectivity index (χ0) is 19.3. The van der Waals surface area contributed by atoms with Gasteiger partial charge in [-0.05, 0) is 43.4 Å². The number of hydrogen-bond donors (Lipinski definition) is 2. The lowest BCUT2D eigenvalue weighted by Gasteiger charge is -2.34. The number of pyridine rings is 1. The number of hydrogen-bond acceptors (Lipinski definition) is 4. The second kappa shape index (κ2) is 6.45. The quantitative estimate of drug-likeness (QED) is 0.564. The van der Waals surface area contributed by atoms with E-state index in [1.807, 2.05) is 6.07 Å². The minimum atomic E-state index is -0.372. The zero-order valence-electron chi connectivity index (χ0n) is 15.5. The highest BCUT2D eigenvalue weighted by atomic mass is 19.1. The van der Waals surface area contributed by atoms with E-state index < -0.39 is 0 Å². The monoisotopic (exact) mass is 377 g/mol. The molecule has 0 amide bonds. The molecule has 0 spiro atoms. The second-order valence-electron chi connectivity index (χ2n) is 7.29. The van der Waals surface area contributed by atoms with Gasteiger partial charge in [0.1, 0.15) is 11.6 Å². The number of nitrogens with one attached hydrogen (secondary N) is 2. The summed E-state index contributed by atoms with van der Waals surface area (Å²) in [5, 5.41) is 0.371. The Morgan fingerprint density at radius 2 is 1.82 bits per heavy atom. The zero-order valence-corrected chi connectivity index (χ0v) is 15.5. The highest BCUT2D eigenvalue weighted by Crippen LogP contribution is 2.25. The van der Waals surface area contributed by atoms with Crippen molar-refractivity contribution in [1.82, 2.24) is 19.9 Å². The summed E-state index contributed by atoms with van der Waals surface area (Å²) in [5.74, 6) is 0.0698. The number of anilines is 1. The summed E-state index contributed by atoms with van der Waals surface area (Å²) < 4.78 is 14.1. The first kappa shape index (κ1) is 16.9. The highest BCUT2D eigenvalue weighted by molar-refractivity contribution is 5.86. The van der Waals surface area contributed by atoms with Crippen LogP contribution >= 0.6 is 0 Å². The first-order chi connectivity index (χ1) is 13.6. The molecule has 1 aliphatic rings. The molecule has 0 atom stereocenters. The molecule has 3 heterocycles. The van der Waals surface area contributed by atoms with Gasteiger partial charge in [-0.3, -0.25) is 4.79 Å². The number of likely N-dealkylation sites (N-methyl/N-ethyl adjacent to an activating group) is 1. The van der Waals surface area contributed by atoms with Crippen molar-refractivity contribution in [2.24, 2.45) is 0 Å². The maximum absolute atomic E-state index is 14.1. The van der Waals surface area contributed by atoms with Gasteiger partial charge in [0.15, 0.2) is 0 Å². The molecule has 2 aromatic heterocycles. The maximum Gasteiger partial charge on any atom is 0.259 e. The number of nitrogens with zero attached hydrogens (tertiary/aromatic N) is 3. The number of aromatic amines is 2. The minimum Gasteiger partial charge on any atom is -0.369 e. The van der Waals surface area contributed by atoms with E-state index >= 15 is 0 Å². The fourth-order valence-corrected chi connectivity index (χ4v) is 3.75. The number of aromatic nitrogens is 3. The SMILES string of the molecule is CN1CCN(c2ccc3nc(-c4cc5c(F)cccc5[nH]c4=O)[nH]c3c2)CC1. The van der Waals surface area contributed by atoms with E-state index in [0.717, 1.165) is 42.9 Å². The van der Waals surface area contributed by atoms with Crippen LogP contribution in [0.5, 0.6) is 0 Å². The normalized spacial score (nSPS) is 15.6. The number of fused-ring (bicyclic) bond motifs is 2. The molecule has 0 unspecified atom stereocenters.